The number of hydrogen-bond donors (Lipinski definition) is 1. The van der Waals surface area contributed by atoms with Gasteiger partial charge in [-0.25, -0.2) is 0 Å². The number of carbonyl (C=O) groups excluding carboxylic acids is 1. The molecule has 0 fully saturated rings. The molecule has 19 heavy (non-hydrogen) atoms. The smallest absolute Gasteiger partial charge is 0.195 e. The third-order valence-corrected chi connectivity index (χ3v) is 3.23. The number of Topliss-reactive ketones (excluding diaryl/α,β-unsaturated/α-hetero) is 1. The van der Waals surface area contributed by atoms with Crippen molar-refractivity contribution in [1.29, 1.82) is 0 Å². The maximum Gasteiger partial charge on any atom is 0.195 e. The van der Waals surface area contributed by atoms with Crippen LogP contribution in [0, 0.1) is 0 Å². The van der Waals surface area contributed by atoms with Gasteiger partial charge in [0.05, 0.1) is 0 Å². The second kappa shape index (κ2) is 5.81. The predicted molar refractivity (Wildman–Crippen MR) is 76.3 cm³/mol. The first-order valence-corrected chi connectivity index (χ1v) is 6.47. The molecule has 2 rings (SSSR count). The summed E-state index contributed by atoms with van der Waals surface area (Å²) in [7, 11) is 0. The minimum atomic E-state index is -1.09. The predicted octanol–water partition coefficient (Wildman–Crippen LogP) is 3.73. The molecule has 98 valence electrons. The molecule has 0 aliphatic heterocycles. The Labute approximate surface area is 113 Å². The fourth-order valence-corrected chi connectivity index (χ4v) is 1.97. The summed E-state index contributed by atoms with van der Waals surface area (Å²) in [5.41, 5.74) is 2.37. The number of aliphatic hydroxyl groups excluding tert-OH is 1. The summed E-state index contributed by atoms with van der Waals surface area (Å²) < 4.78 is 0. The van der Waals surface area contributed by atoms with Crippen LogP contribution >= 0.6 is 0 Å². The third-order valence-electron chi connectivity index (χ3n) is 3.23. The molecule has 0 aliphatic carbocycles. The van der Waals surface area contributed by atoms with Crippen LogP contribution in [0.4, 0.5) is 0 Å². The van der Waals surface area contributed by atoms with Crippen molar-refractivity contribution in [1.82, 2.24) is 0 Å². The van der Waals surface area contributed by atoms with Gasteiger partial charge in [0, 0.05) is 5.56 Å². The van der Waals surface area contributed by atoms with Gasteiger partial charge in [-0.05, 0) is 17.0 Å². The lowest BCUT2D eigenvalue weighted by Crippen LogP contribution is -2.12. The van der Waals surface area contributed by atoms with E-state index in [9.17, 15) is 9.90 Å². The molecule has 0 saturated carbocycles. The molecular formula is C17H18O2. The molecule has 2 aromatic rings. The van der Waals surface area contributed by atoms with Gasteiger partial charge in [0.2, 0.25) is 0 Å². The van der Waals surface area contributed by atoms with Crippen molar-refractivity contribution in [3.05, 3.63) is 71.3 Å². The van der Waals surface area contributed by atoms with E-state index < -0.39 is 6.10 Å². The highest BCUT2D eigenvalue weighted by molar-refractivity contribution is 5.99. The van der Waals surface area contributed by atoms with Crippen molar-refractivity contribution in [2.24, 2.45) is 0 Å². The average Bonchev–Trinajstić information content (AvgIpc) is 2.46. The van der Waals surface area contributed by atoms with Crippen LogP contribution in [0.15, 0.2) is 54.6 Å². The van der Waals surface area contributed by atoms with Crippen molar-refractivity contribution in [3.63, 3.8) is 0 Å². The van der Waals surface area contributed by atoms with Crippen LogP contribution in [0.2, 0.25) is 0 Å². The molecule has 0 heterocycles. The Kier molecular flexibility index (Phi) is 4.13. The van der Waals surface area contributed by atoms with Gasteiger partial charge in [-0.1, -0.05) is 68.4 Å². The molecular weight excluding hydrogens is 236 g/mol. The van der Waals surface area contributed by atoms with Crippen LogP contribution in [0.25, 0.3) is 0 Å². The summed E-state index contributed by atoms with van der Waals surface area (Å²) in [5, 5.41) is 10.1. The Morgan fingerprint density at radius 2 is 1.42 bits per heavy atom. The van der Waals surface area contributed by atoms with Gasteiger partial charge in [-0.3, -0.25) is 4.79 Å². The third kappa shape index (κ3) is 3.09. The van der Waals surface area contributed by atoms with Gasteiger partial charge >= 0.3 is 0 Å². The minimum Gasteiger partial charge on any atom is -0.380 e. The van der Waals surface area contributed by atoms with Crippen molar-refractivity contribution >= 4 is 5.78 Å². The Bertz CT molecular complexity index is 541. The van der Waals surface area contributed by atoms with Gasteiger partial charge in [0.25, 0.3) is 0 Å². The fourth-order valence-electron chi connectivity index (χ4n) is 1.97. The highest BCUT2D eigenvalue weighted by Gasteiger charge is 2.18. The van der Waals surface area contributed by atoms with Gasteiger partial charge in [0.15, 0.2) is 5.78 Å². The lowest BCUT2D eigenvalue weighted by Gasteiger charge is -2.12. The standard InChI is InChI=1S/C17H18O2/c1-12(2)13-8-10-15(11-9-13)17(19)16(18)14-6-4-3-5-7-14/h3-12,17,19H,1-2H3. The molecule has 0 aliphatic rings. The zero-order chi connectivity index (χ0) is 13.8. The molecule has 0 radical (unpaired) electrons. The highest BCUT2D eigenvalue weighted by Crippen LogP contribution is 2.21. The summed E-state index contributed by atoms with van der Waals surface area (Å²) in [5.74, 6) is 0.175. The first-order valence-electron chi connectivity index (χ1n) is 6.47. The molecule has 0 amide bonds. The molecule has 1 atom stereocenters. The fraction of sp³-hybridized carbons (Fsp3) is 0.235. The molecule has 0 aromatic heterocycles. The molecule has 2 heteroatoms. The first kappa shape index (κ1) is 13.5. The molecule has 1 unspecified atom stereocenters. The molecule has 0 spiro atoms. The quantitative estimate of drug-likeness (QED) is 0.844. The number of carbonyl (C=O) groups is 1. The van der Waals surface area contributed by atoms with Crippen LogP contribution in [0.5, 0.6) is 0 Å². The number of aliphatic hydroxyl groups is 1. The lowest BCUT2D eigenvalue weighted by atomic mass is 9.96. The maximum atomic E-state index is 12.1. The van der Waals surface area contributed by atoms with Gasteiger partial charge in [-0.2, -0.15) is 0 Å². The van der Waals surface area contributed by atoms with E-state index in [1.54, 1.807) is 24.3 Å². The van der Waals surface area contributed by atoms with E-state index in [1.165, 1.54) is 5.56 Å². The second-order valence-electron chi connectivity index (χ2n) is 4.95. The molecule has 0 bridgehead atoms. The number of hydrogen-bond acceptors (Lipinski definition) is 2. The SMILES string of the molecule is CC(C)c1ccc(C(O)C(=O)c2ccccc2)cc1. The van der Waals surface area contributed by atoms with E-state index in [-0.39, 0.29) is 5.78 Å². The summed E-state index contributed by atoms with van der Waals surface area (Å²) in [6.45, 7) is 4.22. The summed E-state index contributed by atoms with van der Waals surface area (Å²) in [4.78, 5) is 12.1. The van der Waals surface area contributed by atoms with Crippen LogP contribution in [0.3, 0.4) is 0 Å². The number of ketones is 1. The second-order valence-corrected chi connectivity index (χ2v) is 4.95. The maximum absolute atomic E-state index is 12.1. The Morgan fingerprint density at radius 3 is 1.95 bits per heavy atom. The summed E-state index contributed by atoms with van der Waals surface area (Å²) >= 11 is 0. The highest BCUT2D eigenvalue weighted by atomic mass is 16.3. The normalized spacial score (nSPS) is 12.4. The number of rotatable bonds is 4. The van der Waals surface area contributed by atoms with Gasteiger partial charge < -0.3 is 5.11 Å². The first-order chi connectivity index (χ1) is 9.09. The van der Waals surface area contributed by atoms with Crippen LogP contribution in [-0.2, 0) is 0 Å². The van der Waals surface area contributed by atoms with E-state index >= 15 is 0 Å². The Balaban J connectivity index is 2.20. The van der Waals surface area contributed by atoms with E-state index in [2.05, 4.69) is 13.8 Å². The monoisotopic (exact) mass is 254 g/mol. The van der Waals surface area contributed by atoms with Crippen LogP contribution in [-0.4, -0.2) is 10.9 Å². The van der Waals surface area contributed by atoms with Gasteiger partial charge in [0.1, 0.15) is 6.10 Å². The number of benzene rings is 2. The summed E-state index contributed by atoms with van der Waals surface area (Å²) in [6, 6.07) is 16.4. The minimum absolute atomic E-state index is 0.266. The molecule has 1 N–H and O–H groups in total. The molecule has 2 aromatic carbocycles. The zero-order valence-corrected chi connectivity index (χ0v) is 11.2. The lowest BCUT2D eigenvalue weighted by molar-refractivity contribution is 0.0747. The van der Waals surface area contributed by atoms with E-state index in [0.717, 1.165) is 0 Å². The summed E-state index contributed by atoms with van der Waals surface area (Å²) in [6.07, 6.45) is -1.09. The van der Waals surface area contributed by atoms with Crippen molar-refractivity contribution < 1.29 is 9.90 Å². The molecule has 0 saturated heterocycles. The van der Waals surface area contributed by atoms with Crippen LogP contribution in [0.1, 0.15) is 47.4 Å². The largest absolute Gasteiger partial charge is 0.380 e. The van der Waals surface area contributed by atoms with Gasteiger partial charge in [-0.15, -0.1) is 0 Å². The van der Waals surface area contributed by atoms with Crippen molar-refractivity contribution in [2.75, 3.05) is 0 Å². The zero-order valence-electron chi connectivity index (χ0n) is 11.2. The Morgan fingerprint density at radius 1 is 0.895 bits per heavy atom. The van der Waals surface area contributed by atoms with E-state index in [0.29, 0.717) is 17.0 Å². The van der Waals surface area contributed by atoms with E-state index in [4.69, 9.17) is 0 Å². The van der Waals surface area contributed by atoms with Crippen molar-refractivity contribution in [3.8, 4) is 0 Å². The van der Waals surface area contributed by atoms with Crippen LogP contribution < -0.4 is 0 Å². The average molecular weight is 254 g/mol. The van der Waals surface area contributed by atoms with Crippen molar-refractivity contribution in [2.45, 2.75) is 25.9 Å². The Hall–Kier alpha value is -1.93. The topological polar surface area (TPSA) is 37.3 Å². The van der Waals surface area contributed by atoms with E-state index in [1.807, 2.05) is 30.3 Å². The molecule has 2 nitrogen and oxygen atoms in total.